The number of carbonyl (C=O) groups is 2. The van der Waals surface area contributed by atoms with Crippen LogP contribution in [0.25, 0.3) is 0 Å². The smallest absolute Gasteiger partial charge is 0.242 e. The summed E-state index contributed by atoms with van der Waals surface area (Å²) < 4.78 is 0. The van der Waals surface area contributed by atoms with E-state index in [2.05, 4.69) is 24.4 Å². The van der Waals surface area contributed by atoms with Crippen LogP contribution in [0.1, 0.15) is 24.1 Å². The standard InChI is InChI=1S/C16H23N3O2/c1-4-18-10-16(21)19(11-15(18)20)9-14(17-3)13-8-6-5-7-12(13)2/h5-8,14,17H,4,9-11H2,1-3H3. The van der Waals surface area contributed by atoms with Crippen LogP contribution in [-0.2, 0) is 9.59 Å². The Bertz CT molecular complexity index is 530. The number of rotatable bonds is 5. The van der Waals surface area contributed by atoms with Crippen LogP contribution in [-0.4, -0.2) is 54.8 Å². The van der Waals surface area contributed by atoms with Crippen molar-refractivity contribution >= 4 is 11.8 Å². The van der Waals surface area contributed by atoms with E-state index in [-0.39, 0.29) is 30.9 Å². The molecule has 0 aromatic heterocycles. The van der Waals surface area contributed by atoms with E-state index in [0.29, 0.717) is 13.1 Å². The van der Waals surface area contributed by atoms with Crippen molar-refractivity contribution in [2.75, 3.05) is 33.2 Å². The number of nitrogens with one attached hydrogen (secondary N) is 1. The predicted molar refractivity (Wildman–Crippen MR) is 81.8 cm³/mol. The lowest BCUT2D eigenvalue weighted by atomic mass is 10.0. The highest BCUT2D eigenvalue weighted by Crippen LogP contribution is 2.19. The summed E-state index contributed by atoms with van der Waals surface area (Å²) in [4.78, 5) is 27.4. The third-order valence-electron chi connectivity index (χ3n) is 4.05. The normalized spacial score (nSPS) is 17.3. The average Bonchev–Trinajstić information content (AvgIpc) is 2.48. The van der Waals surface area contributed by atoms with Gasteiger partial charge >= 0.3 is 0 Å². The Morgan fingerprint density at radius 1 is 1.14 bits per heavy atom. The number of benzene rings is 1. The third-order valence-corrected chi connectivity index (χ3v) is 4.05. The maximum absolute atomic E-state index is 12.2. The zero-order valence-electron chi connectivity index (χ0n) is 12.9. The van der Waals surface area contributed by atoms with Gasteiger partial charge in [-0.2, -0.15) is 0 Å². The molecule has 0 aliphatic carbocycles. The molecule has 0 bridgehead atoms. The van der Waals surface area contributed by atoms with Crippen molar-refractivity contribution < 1.29 is 9.59 Å². The lowest BCUT2D eigenvalue weighted by Gasteiger charge is -2.35. The fourth-order valence-corrected chi connectivity index (χ4v) is 2.70. The van der Waals surface area contributed by atoms with Gasteiger partial charge in [-0.05, 0) is 32.0 Å². The van der Waals surface area contributed by atoms with Crippen LogP contribution in [0.15, 0.2) is 24.3 Å². The topological polar surface area (TPSA) is 52.7 Å². The number of hydrogen-bond donors (Lipinski definition) is 1. The number of hydrogen-bond acceptors (Lipinski definition) is 3. The van der Waals surface area contributed by atoms with E-state index in [1.807, 2.05) is 26.1 Å². The van der Waals surface area contributed by atoms with E-state index in [9.17, 15) is 9.59 Å². The van der Waals surface area contributed by atoms with Gasteiger partial charge in [0.1, 0.15) is 0 Å². The van der Waals surface area contributed by atoms with Crippen molar-refractivity contribution in [3.8, 4) is 0 Å². The molecule has 2 amide bonds. The molecule has 0 radical (unpaired) electrons. The SMILES string of the molecule is CCN1CC(=O)N(CC(NC)c2ccccc2C)CC1=O. The Kier molecular flexibility index (Phi) is 4.96. The summed E-state index contributed by atoms with van der Waals surface area (Å²) in [7, 11) is 1.88. The molecule has 5 heteroatoms. The fourth-order valence-electron chi connectivity index (χ4n) is 2.70. The molecule has 5 nitrogen and oxygen atoms in total. The van der Waals surface area contributed by atoms with Gasteiger partial charge in [0.2, 0.25) is 11.8 Å². The minimum atomic E-state index is 0.0188. The molecule has 114 valence electrons. The highest BCUT2D eigenvalue weighted by Gasteiger charge is 2.30. The number of nitrogens with zero attached hydrogens (tertiary/aromatic N) is 2. The van der Waals surface area contributed by atoms with Crippen LogP contribution in [0, 0.1) is 6.92 Å². The molecule has 1 aromatic rings. The van der Waals surface area contributed by atoms with Gasteiger partial charge in [-0.15, -0.1) is 0 Å². The van der Waals surface area contributed by atoms with Gasteiger partial charge in [-0.3, -0.25) is 9.59 Å². The predicted octanol–water partition coefficient (Wildman–Crippen LogP) is 0.946. The fraction of sp³-hybridized carbons (Fsp3) is 0.500. The number of carbonyl (C=O) groups excluding carboxylic acids is 2. The number of piperazine rings is 1. The maximum Gasteiger partial charge on any atom is 0.242 e. The molecule has 1 aromatic carbocycles. The van der Waals surface area contributed by atoms with Gasteiger partial charge in [-0.25, -0.2) is 0 Å². The quantitative estimate of drug-likeness (QED) is 0.878. The third kappa shape index (κ3) is 3.42. The minimum Gasteiger partial charge on any atom is -0.332 e. The highest BCUT2D eigenvalue weighted by molar-refractivity contribution is 5.92. The molecule has 1 unspecified atom stereocenters. The molecule has 0 saturated carbocycles. The van der Waals surface area contributed by atoms with Crippen molar-refractivity contribution in [1.29, 1.82) is 0 Å². The Morgan fingerprint density at radius 3 is 2.38 bits per heavy atom. The Labute approximate surface area is 125 Å². The van der Waals surface area contributed by atoms with Crippen LogP contribution in [0.5, 0.6) is 0 Å². The summed E-state index contributed by atoms with van der Waals surface area (Å²) in [6.45, 7) is 5.43. The van der Waals surface area contributed by atoms with Crippen molar-refractivity contribution in [2.45, 2.75) is 19.9 Å². The second-order valence-electron chi connectivity index (χ2n) is 5.38. The molecule has 1 heterocycles. The first-order valence-electron chi connectivity index (χ1n) is 7.35. The minimum absolute atomic E-state index is 0.0188. The lowest BCUT2D eigenvalue weighted by Crippen LogP contribution is -2.55. The van der Waals surface area contributed by atoms with E-state index in [1.165, 1.54) is 5.56 Å². The van der Waals surface area contributed by atoms with E-state index in [4.69, 9.17) is 0 Å². The largest absolute Gasteiger partial charge is 0.332 e. The second-order valence-corrected chi connectivity index (χ2v) is 5.38. The lowest BCUT2D eigenvalue weighted by molar-refractivity contribution is -0.150. The van der Waals surface area contributed by atoms with Gasteiger partial charge < -0.3 is 15.1 Å². The van der Waals surface area contributed by atoms with E-state index >= 15 is 0 Å². The van der Waals surface area contributed by atoms with Crippen LogP contribution in [0.3, 0.4) is 0 Å². The molecular weight excluding hydrogens is 266 g/mol. The van der Waals surface area contributed by atoms with Gasteiger partial charge in [0.05, 0.1) is 13.1 Å². The van der Waals surface area contributed by atoms with Crippen LogP contribution in [0.4, 0.5) is 0 Å². The summed E-state index contributed by atoms with van der Waals surface area (Å²) in [5, 5.41) is 3.25. The molecule has 1 fully saturated rings. The Morgan fingerprint density at radius 2 is 1.76 bits per heavy atom. The van der Waals surface area contributed by atoms with Crippen molar-refractivity contribution in [3.05, 3.63) is 35.4 Å². The van der Waals surface area contributed by atoms with Gasteiger partial charge in [0, 0.05) is 19.1 Å². The first kappa shape index (κ1) is 15.5. The van der Waals surface area contributed by atoms with E-state index in [1.54, 1.807) is 9.80 Å². The molecule has 1 aliphatic heterocycles. The molecule has 1 N–H and O–H groups in total. The van der Waals surface area contributed by atoms with Crippen molar-refractivity contribution in [1.82, 2.24) is 15.1 Å². The molecule has 1 aliphatic rings. The molecule has 1 atom stereocenters. The van der Waals surface area contributed by atoms with Gasteiger partial charge in [0.25, 0.3) is 0 Å². The average molecular weight is 289 g/mol. The van der Waals surface area contributed by atoms with Crippen molar-refractivity contribution in [2.24, 2.45) is 0 Å². The first-order valence-corrected chi connectivity index (χ1v) is 7.35. The highest BCUT2D eigenvalue weighted by atomic mass is 16.2. The van der Waals surface area contributed by atoms with Gasteiger partial charge in [-0.1, -0.05) is 24.3 Å². The summed E-state index contributed by atoms with van der Waals surface area (Å²) >= 11 is 0. The molecular formula is C16H23N3O2. The van der Waals surface area contributed by atoms with Crippen molar-refractivity contribution in [3.63, 3.8) is 0 Å². The van der Waals surface area contributed by atoms with Crippen LogP contribution in [0.2, 0.25) is 0 Å². The summed E-state index contributed by atoms with van der Waals surface area (Å²) in [5.74, 6) is 0.0435. The summed E-state index contributed by atoms with van der Waals surface area (Å²) in [5.41, 5.74) is 2.35. The van der Waals surface area contributed by atoms with E-state index < -0.39 is 0 Å². The number of aryl methyl sites for hydroxylation is 1. The Balaban J connectivity index is 2.11. The summed E-state index contributed by atoms with van der Waals surface area (Å²) in [6, 6.07) is 8.15. The molecule has 1 saturated heterocycles. The van der Waals surface area contributed by atoms with Crippen LogP contribution < -0.4 is 5.32 Å². The Hall–Kier alpha value is -1.88. The summed E-state index contributed by atoms with van der Waals surface area (Å²) in [6.07, 6.45) is 0. The molecule has 2 rings (SSSR count). The zero-order valence-corrected chi connectivity index (χ0v) is 12.9. The first-order chi connectivity index (χ1) is 10.1. The maximum atomic E-state index is 12.2. The second kappa shape index (κ2) is 6.72. The zero-order chi connectivity index (χ0) is 15.4. The monoisotopic (exact) mass is 289 g/mol. The van der Waals surface area contributed by atoms with Crippen LogP contribution >= 0.6 is 0 Å². The van der Waals surface area contributed by atoms with E-state index in [0.717, 1.165) is 5.56 Å². The van der Waals surface area contributed by atoms with Gasteiger partial charge in [0.15, 0.2) is 0 Å². The number of amides is 2. The number of likely N-dealkylation sites (N-methyl/N-ethyl adjacent to an activating group) is 2. The molecule has 21 heavy (non-hydrogen) atoms. The molecule has 0 spiro atoms.